The summed E-state index contributed by atoms with van der Waals surface area (Å²) in [4.78, 5) is 0. The Bertz CT molecular complexity index is 1630. The molecule has 0 saturated carbocycles. The van der Waals surface area contributed by atoms with Crippen LogP contribution in [0.3, 0.4) is 0 Å². The Balaban J connectivity index is 1.48. The molecule has 0 aromatic heterocycles. The summed E-state index contributed by atoms with van der Waals surface area (Å²) in [5, 5.41) is 3.18. The van der Waals surface area contributed by atoms with Crippen LogP contribution in [-0.4, -0.2) is 0 Å². The van der Waals surface area contributed by atoms with Crippen LogP contribution in [0.5, 0.6) is 23.0 Å². The van der Waals surface area contributed by atoms with Crippen molar-refractivity contribution in [3.05, 3.63) is 115 Å². The quantitative estimate of drug-likeness (QED) is 0.252. The van der Waals surface area contributed by atoms with E-state index in [0.29, 0.717) is 0 Å². The molecule has 7 rings (SSSR count). The molecule has 0 N–H and O–H groups in total. The van der Waals surface area contributed by atoms with E-state index in [4.69, 9.17) is 21.3 Å². The van der Waals surface area contributed by atoms with E-state index in [1.54, 1.807) is 0 Å². The Labute approximate surface area is 203 Å². The lowest BCUT2D eigenvalue weighted by atomic mass is 10.1. The van der Waals surface area contributed by atoms with Gasteiger partial charge in [-0.2, -0.15) is 0 Å². The van der Waals surface area contributed by atoms with Gasteiger partial charge in [0.25, 0.3) is 0 Å². The van der Waals surface area contributed by atoms with E-state index in [-0.39, 0.29) is 0 Å². The van der Waals surface area contributed by atoms with Crippen LogP contribution < -0.4 is 25.4 Å². The van der Waals surface area contributed by atoms with E-state index in [1.165, 1.54) is 5.56 Å². The molecule has 2 aliphatic rings. The molecule has 0 radical (unpaired) electrons. The lowest BCUT2D eigenvalue weighted by Gasteiger charge is -2.37. The molecule has 0 aliphatic carbocycles. The number of ether oxygens (including phenoxy) is 2. The Morgan fingerprint density at radius 2 is 1.03 bits per heavy atom. The van der Waals surface area contributed by atoms with Crippen molar-refractivity contribution in [1.82, 2.24) is 0 Å². The summed E-state index contributed by atoms with van der Waals surface area (Å²) < 4.78 is 12.8. The molecule has 162 valence electrons. The number of hydrogen-bond acceptors (Lipinski definition) is 3. The Morgan fingerprint density at radius 1 is 0.441 bits per heavy atom. The van der Waals surface area contributed by atoms with Gasteiger partial charge in [0.15, 0.2) is 0 Å². The molecule has 5 aromatic carbocycles. The maximum atomic E-state index is 6.68. The second kappa shape index (κ2) is 7.43. The second-order valence-electron chi connectivity index (χ2n) is 8.51. The summed E-state index contributed by atoms with van der Waals surface area (Å²) in [7, 11) is 0. The van der Waals surface area contributed by atoms with Crippen LogP contribution in [0.25, 0.3) is 22.3 Å². The molecule has 0 saturated heterocycles. The lowest BCUT2D eigenvalue weighted by Crippen LogP contribution is -2.35. The molecule has 2 aliphatic heterocycles. The first-order chi connectivity index (χ1) is 16.7. The Hall–Kier alpha value is -3.65. The van der Waals surface area contributed by atoms with Crippen molar-refractivity contribution >= 4 is 33.8 Å². The van der Waals surface area contributed by atoms with Crippen molar-refractivity contribution in [3.63, 3.8) is 0 Å². The van der Waals surface area contributed by atoms with Crippen LogP contribution in [-0.2, 0) is 11.8 Å². The van der Waals surface area contributed by atoms with E-state index >= 15 is 0 Å². The van der Waals surface area contributed by atoms with E-state index in [9.17, 15) is 0 Å². The highest BCUT2D eigenvalue weighted by Gasteiger charge is 2.42. The third-order valence-corrected chi connectivity index (χ3v) is 11.4. The second-order valence-corrected chi connectivity index (χ2v) is 12.8. The fourth-order valence-electron chi connectivity index (χ4n) is 4.91. The predicted molar refractivity (Wildman–Crippen MR) is 144 cm³/mol. The highest BCUT2D eigenvalue weighted by molar-refractivity contribution is 8.26. The van der Waals surface area contributed by atoms with Crippen LogP contribution in [0.15, 0.2) is 115 Å². The van der Waals surface area contributed by atoms with Crippen LogP contribution in [0.4, 0.5) is 0 Å². The zero-order chi connectivity index (χ0) is 22.7. The molecule has 5 aromatic rings. The highest BCUT2D eigenvalue weighted by Crippen LogP contribution is 2.59. The first-order valence-electron chi connectivity index (χ1n) is 11.2. The first kappa shape index (κ1) is 19.8. The van der Waals surface area contributed by atoms with Crippen molar-refractivity contribution < 1.29 is 9.47 Å². The molecule has 0 fully saturated rings. The van der Waals surface area contributed by atoms with E-state index in [0.717, 1.165) is 55.6 Å². The van der Waals surface area contributed by atoms with Gasteiger partial charge in [0, 0.05) is 10.6 Å². The molecule has 34 heavy (non-hydrogen) atoms. The van der Waals surface area contributed by atoms with Crippen molar-refractivity contribution in [3.8, 4) is 45.3 Å². The summed E-state index contributed by atoms with van der Waals surface area (Å²) in [5.41, 5.74) is 4.58. The molecule has 4 heteroatoms. The summed E-state index contributed by atoms with van der Waals surface area (Å²) in [6, 6.07) is 37.2. The van der Waals surface area contributed by atoms with E-state index < -0.39 is 6.04 Å². The molecule has 1 atom stereocenters. The Morgan fingerprint density at radius 3 is 1.71 bits per heavy atom. The van der Waals surface area contributed by atoms with Gasteiger partial charge in [-0.1, -0.05) is 90.7 Å². The third kappa shape index (κ3) is 2.84. The molecular formula is C30H19O2PS. The van der Waals surface area contributed by atoms with Gasteiger partial charge in [0.05, 0.1) is 11.3 Å². The van der Waals surface area contributed by atoms with Crippen LogP contribution in [0, 0.1) is 0 Å². The lowest BCUT2D eigenvalue weighted by molar-refractivity contribution is 0.466. The van der Waals surface area contributed by atoms with Gasteiger partial charge in [-0.3, -0.25) is 0 Å². The third-order valence-electron chi connectivity index (χ3n) is 6.53. The van der Waals surface area contributed by atoms with Gasteiger partial charge in [-0.25, -0.2) is 0 Å². The SMILES string of the molecule is S=P12c3ccc(-c4ccccc4)cc3Oc3cccc(c31)Oc1ccc(-c3ccccc3)cc12. The average molecular weight is 475 g/mol. The largest absolute Gasteiger partial charge is 0.456 e. The normalized spacial score (nSPS) is 16.9. The number of fused-ring (bicyclic) bond motifs is 4. The average Bonchev–Trinajstić information content (AvgIpc) is 2.89. The zero-order valence-corrected chi connectivity index (χ0v) is 19.9. The van der Waals surface area contributed by atoms with Crippen LogP contribution in [0.2, 0.25) is 0 Å². The van der Waals surface area contributed by atoms with Crippen molar-refractivity contribution in [1.29, 1.82) is 0 Å². The van der Waals surface area contributed by atoms with Crippen molar-refractivity contribution in [2.45, 2.75) is 0 Å². The maximum Gasteiger partial charge on any atom is 0.140 e. The van der Waals surface area contributed by atoms with Crippen molar-refractivity contribution in [2.24, 2.45) is 0 Å². The van der Waals surface area contributed by atoms with Gasteiger partial charge < -0.3 is 9.47 Å². The summed E-state index contributed by atoms with van der Waals surface area (Å²) in [6.45, 7) is 0. The summed E-state index contributed by atoms with van der Waals surface area (Å²) in [5.74, 6) is 3.29. The topological polar surface area (TPSA) is 18.5 Å². The maximum absolute atomic E-state index is 6.68. The van der Waals surface area contributed by atoms with Crippen molar-refractivity contribution in [2.75, 3.05) is 0 Å². The first-order valence-corrected chi connectivity index (χ1v) is 14.0. The van der Waals surface area contributed by atoms with Crippen LogP contribution >= 0.6 is 6.04 Å². The number of rotatable bonds is 2. The van der Waals surface area contributed by atoms with E-state index in [2.05, 4.69) is 84.9 Å². The number of hydrogen-bond donors (Lipinski definition) is 0. The smallest absolute Gasteiger partial charge is 0.140 e. The van der Waals surface area contributed by atoms with Crippen LogP contribution in [0.1, 0.15) is 0 Å². The minimum absolute atomic E-state index is 0.800. The highest BCUT2D eigenvalue weighted by atomic mass is 32.4. The standard InChI is InChI=1S/C30H19O2PS/c34-33-28-17-15-22(20-8-3-1-4-9-20)18-27(28)32-26-13-7-12-25(30(26)33)31-24-16-14-23(19-29(24)33)21-10-5-2-6-11-21/h1-19H. The van der Waals surface area contributed by atoms with Gasteiger partial charge >= 0.3 is 0 Å². The fourth-order valence-corrected chi connectivity index (χ4v) is 9.39. The molecule has 0 bridgehead atoms. The van der Waals surface area contributed by atoms with Gasteiger partial charge in [-0.05, 0) is 58.7 Å². The summed E-state index contributed by atoms with van der Waals surface area (Å²) >= 11 is 6.68. The fraction of sp³-hybridized carbons (Fsp3) is 0. The van der Waals surface area contributed by atoms with E-state index in [1.807, 2.05) is 30.3 Å². The molecule has 1 unspecified atom stereocenters. The van der Waals surface area contributed by atoms with Gasteiger partial charge in [0.2, 0.25) is 0 Å². The molecular weight excluding hydrogens is 455 g/mol. The molecule has 2 nitrogen and oxygen atoms in total. The minimum Gasteiger partial charge on any atom is -0.456 e. The van der Waals surface area contributed by atoms with Gasteiger partial charge in [-0.15, -0.1) is 0 Å². The van der Waals surface area contributed by atoms with Gasteiger partial charge in [0.1, 0.15) is 23.0 Å². The molecule has 0 spiro atoms. The number of benzene rings is 5. The summed E-state index contributed by atoms with van der Waals surface area (Å²) in [6.07, 6.45) is 0. The molecule has 2 heterocycles. The minimum atomic E-state index is -2.39. The molecule has 0 amide bonds. The Kier molecular flexibility index (Phi) is 4.32. The zero-order valence-electron chi connectivity index (χ0n) is 18.1. The predicted octanol–water partition coefficient (Wildman–Crippen LogP) is 6.99. The monoisotopic (exact) mass is 474 g/mol.